The van der Waals surface area contributed by atoms with Gasteiger partial charge >= 0.3 is 6.18 Å². The average Bonchev–Trinajstić information content (AvgIpc) is 2.54. The number of carbonyl (C=O) groups excluding carboxylic acids is 2. The molecule has 0 radical (unpaired) electrons. The Morgan fingerprint density at radius 3 is 2.58 bits per heavy atom. The third-order valence-corrected chi connectivity index (χ3v) is 3.86. The Hall–Kier alpha value is -1.80. The van der Waals surface area contributed by atoms with Crippen molar-refractivity contribution in [2.75, 3.05) is 25.5 Å². The number of ether oxygens (including phenoxy) is 1. The highest BCUT2D eigenvalue weighted by atomic mass is 35.5. The van der Waals surface area contributed by atoms with E-state index in [4.69, 9.17) is 16.3 Å². The van der Waals surface area contributed by atoms with E-state index in [1.165, 1.54) is 13.1 Å². The lowest BCUT2D eigenvalue weighted by Crippen LogP contribution is -2.41. The van der Waals surface area contributed by atoms with Crippen molar-refractivity contribution in [2.24, 2.45) is 0 Å². The Labute approximate surface area is 155 Å². The number of hydrogen-bond acceptors (Lipinski definition) is 3. The molecule has 0 aliphatic rings. The van der Waals surface area contributed by atoms with Gasteiger partial charge in [-0.1, -0.05) is 24.9 Å². The summed E-state index contributed by atoms with van der Waals surface area (Å²) in [6.45, 7) is 3.70. The first-order valence-corrected chi connectivity index (χ1v) is 8.47. The van der Waals surface area contributed by atoms with Gasteiger partial charge in [-0.3, -0.25) is 9.59 Å². The molecule has 0 aliphatic carbocycles. The van der Waals surface area contributed by atoms with E-state index in [1.54, 1.807) is 6.92 Å². The van der Waals surface area contributed by atoms with E-state index < -0.39 is 28.8 Å². The second kappa shape index (κ2) is 9.78. The number of unbranched alkanes of at least 4 members (excludes halogenated alkanes) is 1. The smallest absolute Gasteiger partial charge is 0.369 e. The quantitative estimate of drug-likeness (QED) is 0.679. The maximum absolute atomic E-state index is 12.8. The predicted molar refractivity (Wildman–Crippen MR) is 93.0 cm³/mol. The van der Waals surface area contributed by atoms with Crippen LogP contribution in [0.5, 0.6) is 0 Å². The van der Waals surface area contributed by atoms with Crippen molar-refractivity contribution < 1.29 is 27.5 Å². The van der Waals surface area contributed by atoms with Crippen LogP contribution in [0, 0.1) is 0 Å². The number of hydrogen-bond donors (Lipinski definition) is 1. The molecule has 1 rings (SSSR count). The summed E-state index contributed by atoms with van der Waals surface area (Å²) >= 11 is 5.53. The van der Waals surface area contributed by atoms with Crippen LogP contribution in [0.15, 0.2) is 18.2 Å². The van der Waals surface area contributed by atoms with Gasteiger partial charge in [-0.25, -0.2) is 0 Å². The molecule has 1 aromatic rings. The molecule has 0 aliphatic heterocycles. The lowest BCUT2D eigenvalue weighted by Gasteiger charge is -2.21. The van der Waals surface area contributed by atoms with Crippen LogP contribution >= 0.6 is 11.6 Å². The van der Waals surface area contributed by atoms with Gasteiger partial charge in [-0.05, 0) is 31.5 Å². The standard InChI is InChI=1S/C17H22ClF3N2O3/c1-4-5-8-26-11(2)16(25)23(3)10-15(24)22-12-6-7-14(18)13(9-12)17(19,20)21/h6-7,9,11H,4-5,8,10H2,1-3H3,(H,22,24). The molecule has 1 aromatic carbocycles. The largest absolute Gasteiger partial charge is 0.417 e. The number of amides is 2. The first kappa shape index (κ1) is 22.2. The van der Waals surface area contributed by atoms with Crippen LogP contribution in [-0.2, 0) is 20.5 Å². The van der Waals surface area contributed by atoms with Crippen molar-refractivity contribution in [3.8, 4) is 0 Å². The van der Waals surface area contributed by atoms with Crippen molar-refractivity contribution in [1.29, 1.82) is 0 Å². The lowest BCUT2D eigenvalue weighted by molar-refractivity contribution is -0.143. The van der Waals surface area contributed by atoms with Crippen molar-refractivity contribution in [3.63, 3.8) is 0 Å². The summed E-state index contributed by atoms with van der Waals surface area (Å²) in [6.07, 6.45) is -3.58. The first-order chi connectivity index (χ1) is 12.1. The van der Waals surface area contributed by atoms with Crippen LogP contribution in [0.2, 0.25) is 5.02 Å². The summed E-state index contributed by atoms with van der Waals surface area (Å²) in [5.41, 5.74) is -1.10. The van der Waals surface area contributed by atoms with E-state index in [0.29, 0.717) is 6.61 Å². The van der Waals surface area contributed by atoms with E-state index in [1.807, 2.05) is 6.92 Å². The van der Waals surface area contributed by atoms with Crippen molar-refractivity contribution in [1.82, 2.24) is 4.90 Å². The molecule has 0 spiro atoms. The summed E-state index contributed by atoms with van der Waals surface area (Å²) < 4.78 is 43.9. The number of carbonyl (C=O) groups is 2. The van der Waals surface area contributed by atoms with Gasteiger partial charge in [0.2, 0.25) is 5.91 Å². The first-order valence-electron chi connectivity index (χ1n) is 8.09. The highest BCUT2D eigenvalue weighted by molar-refractivity contribution is 6.31. The number of nitrogens with zero attached hydrogens (tertiary/aromatic N) is 1. The zero-order valence-corrected chi connectivity index (χ0v) is 15.6. The Morgan fingerprint density at radius 2 is 2.00 bits per heavy atom. The molecule has 1 atom stereocenters. The number of anilines is 1. The molecule has 26 heavy (non-hydrogen) atoms. The molecule has 1 N–H and O–H groups in total. The van der Waals surface area contributed by atoms with E-state index in [-0.39, 0.29) is 18.1 Å². The van der Waals surface area contributed by atoms with Gasteiger partial charge in [0.05, 0.1) is 17.1 Å². The van der Waals surface area contributed by atoms with Gasteiger partial charge in [-0.15, -0.1) is 0 Å². The third-order valence-electron chi connectivity index (χ3n) is 3.53. The molecular formula is C17H22ClF3N2O3. The fourth-order valence-electron chi connectivity index (χ4n) is 2.10. The van der Waals surface area contributed by atoms with Crippen molar-refractivity contribution in [3.05, 3.63) is 28.8 Å². The molecule has 1 unspecified atom stereocenters. The number of benzene rings is 1. The maximum atomic E-state index is 12.8. The van der Waals surface area contributed by atoms with E-state index in [9.17, 15) is 22.8 Å². The van der Waals surface area contributed by atoms with Crippen LogP contribution in [0.3, 0.4) is 0 Å². The topological polar surface area (TPSA) is 58.6 Å². The summed E-state index contributed by atoms with van der Waals surface area (Å²) in [4.78, 5) is 25.3. The summed E-state index contributed by atoms with van der Waals surface area (Å²) in [7, 11) is 1.42. The minimum atomic E-state index is -4.63. The second-order valence-electron chi connectivity index (χ2n) is 5.80. The molecule has 0 aromatic heterocycles. The zero-order valence-electron chi connectivity index (χ0n) is 14.8. The Kier molecular flexibility index (Phi) is 8.36. The lowest BCUT2D eigenvalue weighted by atomic mass is 10.2. The second-order valence-corrected chi connectivity index (χ2v) is 6.21. The number of rotatable bonds is 8. The number of likely N-dealkylation sites (N-methyl/N-ethyl adjacent to an activating group) is 1. The Balaban J connectivity index is 2.65. The van der Waals surface area contributed by atoms with E-state index in [2.05, 4.69) is 5.32 Å². The van der Waals surface area contributed by atoms with Crippen LogP contribution in [0.4, 0.5) is 18.9 Å². The maximum Gasteiger partial charge on any atom is 0.417 e. The molecule has 5 nitrogen and oxygen atoms in total. The highest BCUT2D eigenvalue weighted by Crippen LogP contribution is 2.36. The summed E-state index contributed by atoms with van der Waals surface area (Å²) in [6, 6.07) is 3.06. The van der Waals surface area contributed by atoms with Gasteiger partial charge in [0.25, 0.3) is 5.91 Å². The highest BCUT2D eigenvalue weighted by Gasteiger charge is 2.33. The average molecular weight is 395 g/mol. The number of halogens is 4. The minimum Gasteiger partial charge on any atom is -0.369 e. The van der Waals surface area contributed by atoms with Gasteiger partial charge in [0.15, 0.2) is 0 Å². The minimum absolute atomic E-state index is 0.0557. The van der Waals surface area contributed by atoms with Crippen LogP contribution in [0.25, 0.3) is 0 Å². The molecule has 0 bridgehead atoms. The molecular weight excluding hydrogens is 373 g/mol. The summed E-state index contributed by atoms with van der Waals surface area (Å²) in [5, 5.41) is 1.87. The molecule has 0 saturated carbocycles. The number of alkyl halides is 3. The zero-order chi connectivity index (χ0) is 19.9. The number of nitrogens with one attached hydrogen (secondary N) is 1. The normalized spacial score (nSPS) is 12.6. The third kappa shape index (κ3) is 6.84. The van der Waals surface area contributed by atoms with Crippen molar-refractivity contribution in [2.45, 2.75) is 39.0 Å². The molecule has 146 valence electrons. The molecule has 0 saturated heterocycles. The monoisotopic (exact) mass is 394 g/mol. The fraction of sp³-hybridized carbons (Fsp3) is 0.529. The van der Waals surface area contributed by atoms with Gasteiger partial charge in [-0.2, -0.15) is 13.2 Å². The van der Waals surface area contributed by atoms with Gasteiger partial charge in [0, 0.05) is 19.3 Å². The van der Waals surface area contributed by atoms with Gasteiger partial charge < -0.3 is 15.0 Å². The summed E-state index contributed by atoms with van der Waals surface area (Å²) in [5.74, 6) is -1.01. The predicted octanol–water partition coefficient (Wildman–Crippen LogP) is 3.96. The van der Waals surface area contributed by atoms with Crippen LogP contribution in [-0.4, -0.2) is 43.0 Å². The molecule has 9 heteroatoms. The molecule has 0 fully saturated rings. The van der Waals surface area contributed by atoms with E-state index >= 15 is 0 Å². The van der Waals surface area contributed by atoms with E-state index in [0.717, 1.165) is 29.9 Å². The Bertz CT molecular complexity index is 638. The fourth-order valence-corrected chi connectivity index (χ4v) is 2.32. The Morgan fingerprint density at radius 1 is 1.35 bits per heavy atom. The molecule has 0 heterocycles. The van der Waals surface area contributed by atoms with Gasteiger partial charge in [0.1, 0.15) is 6.10 Å². The van der Waals surface area contributed by atoms with Crippen LogP contribution < -0.4 is 5.32 Å². The van der Waals surface area contributed by atoms with Crippen LogP contribution in [0.1, 0.15) is 32.3 Å². The molecule has 2 amide bonds. The SMILES string of the molecule is CCCCOC(C)C(=O)N(C)CC(=O)Nc1ccc(Cl)c(C(F)(F)F)c1. The van der Waals surface area contributed by atoms with Crippen molar-refractivity contribution >= 4 is 29.1 Å².